The molecule has 1 fully saturated rings. The summed E-state index contributed by atoms with van der Waals surface area (Å²) in [6.07, 6.45) is 0.789. The van der Waals surface area contributed by atoms with Gasteiger partial charge in [0.05, 0.1) is 12.7 Å². The summed E-state index contributed by atoms with van der Waals surface area (Å²) < 4.78 is 10.9. The second kappa shape index (κ2) is 5.02. The third-order valence-electron chi connectivity index (χ3n) is 3.74. The molecular weight excluding hydrogens is 266 g/mol. The molecule has 102 valence electrons. The van der Waals surface area contributed by atoms with Crippen LogP contribution in [0.4, 0.5) is 5.69 Å². The summed E-state index contributed by atoms with van der Waals surface area (Å²) in [5.74, 6) is -0.0892. The molecule has 19 heavy (non-hydrogen) atoms. The van der Waals surface area contributed by atoms with Gasteiger partial charge in [-0.2, -0.15) is 0 Å². The lowest BCUT2D eigenvalue weighted by atomic mass is 9.84. The summed E-state index contributed by atoms with van der Waals surface area (Å²) in [5.41, 5.74) is 1.95. The third-order valence-corrected chi connectivity index (χ3v) is 3.97. The Hall–Kier alpha value is -1.26. The zero-order valence-corrected chi connectivity index (χ0v) is 11.4. The van der Waals surface area contributed by atoms with Crippen LogP contribution in [0.1, 0.15) is 25.0 Å². The van der Waals surface area contributed by atoms with E-state index in [0.717, 1.165) is 17.7 Å². The lowest BCUT2D eigenvalue weighted by Gasteiger charge is -2.34. The first-order chi connectivity index (χ1) is 9.20. The summed E-state index contributed by atoms with van der Waals surface area (Å²) in [4.78, 5) is 12.1. The van der Waals surface area contributed by atoms with E-state index in [1.54, 1.807) is 0 Å². The van der Waals surface area contributed by atoms with Gasteiger partial charge in [0.1, 0.15) is 6.04 Å². The predicted molar refractivity (Wildman–Crippen MR) is 72.3 cm³/mol. The van der Waals surface area contributed by atoms with Gasteiger partial charge in [0.15, 0.2) is 0 Å². The van der Waals surface area contributed by atoms with Crippen molar-refractivity contribution in [2.75, 3.05) is 18.5 Å². The van der Waals surface area contributed by atoms with Gasteiger partial charge in [-0.05, 0) is 31.5 Å². The summed E-state index contributed by atoms with van der Waals surface area (Å²) in [7, 11) is 0. The lowest BCUT2D eigenvalue weighted by Crippen LogP contribution is -2.43. The van der Waals surface area contributed by atoms with E-state index in [-0.39, 0.29) is 24.0 Å². The Bertz CT molecular complexity index is 505. The van der Waals surface area contributed by atoms with E-state index in [4.69, 9.17) is 21.1 Å². The SMILES string of the molecule is CCOC(=O)[C@H]1Nc2ccc(Cl)cc2[C@H]2OCC[C@@H]12. The van der Waals surface area contributed by atoms with Crippen LogP contribution in [0.2, 0.25) is 5.02 Å². The minimum atomic E-state index is -0.332. The molecule has 3 atom stereocenters. The first-order valence-electron chi connectivity index (χ1n) is 6.55. The van der Waals surface area contributed by atoms with Crippen LogP contribution in [0.3, 0.4) is 0 Å². The minimum absolute atomic E-state index is 0.0654. The number of anilines is 1. The lowest BCUT2D eigenvalue weighted by molar-refractivity contribution is -0.146. The average molecular weight is 282 g/mol. The van der Waals surface area contributed by atoms with Gasteiger partial charge < -0.3 is 14.8 Å². The summed E-state index contributed by atoms with van der Waals surface area (Å²) in [6.45, 7) is 2.87. The summed E-state index contributed by atoms with van der Waals surface area (Å²) in [6, 6.07) is 5.28. The number of halogens is 1. The summed E-state index contributed by atoms with van der Waals surface area (Å²) >= 11 is 6.04. The van der Waals surface area contributed by atoms with Gasteiger partial charge in [-0.25, -0.2) is 4.79 Å². The van der Waals surface area contributed by atoms with Crippen molar-refractivity contribution in [1.29, 1.82) is 0 Å². The van der Waals surface area contributed by atoms with Crippen molar-refractivity contribution in [1.82, 2.24) is 0 Å². The molecule has 0 amide bonds. The number of hydrogen-bond donors (Lipinski definition) is 1. The molecule has 3 rings (SSSR count). The Labute approximate surface area is 117 Å². The second-order valence-electron chi connectivity index (χ2n) is 4.85. The van der Waals surface area contributed by atoms with Crippen LogP contribution < -0.4 is 5.32 Å². The fourth-order valence-corrected chi connectivity index (χ4v) is 3.09. The smallest absolute Gasteiger partial charge is 0.328 e. The van der Waals surface area contributed by atoms with Crippen molar-refractivity contribution in [3.8, 4) is 0 Å². The molecule has 1 aromatic rings. The normalized spacial score (nSPS) is 28.2. The van der Waals surface area contributed by atoms with Crippen molar-refractivity contribution in [2.24, 2.45) is 5.92 Å². The Morgan fingerprint density at radius 3 is 3.21 bits per heavy atom. The van der Waals surface area contributed by atoms with Crippen molar-refractivity contribution in [3.05, 3.63) is 28.8 Å². The average Bonchev–Trinajstić information content (AvgIpc) is 2.87. The highest BCUT2D eigenvalue weighted by Crippen LogP contribution is 2.45. The number of esters is 1. The molecule has 2 heterocycles. The Kier molecular flexibility index (Phi) is 3.37. The van der Waals surface area contributed by atoms with Crippen molar-refractivity contribution >= 4 is 23.3 Å². The number of nitrogens with one attached hydrogen (secondary N) is 1. The summed E-state index contributed by atoms with van der Waals surface area (Å²) in [5, 5.41) is 3.95. The molecule has 0 aliphatic carbocycles. The second-order valence-corrected chi connectivity index (χ2v) is 5.29. The quantitative estimate of drug-likeness (QED) is 0.847. The van der Waals surface area contributed by atoms with Gasteiger partial charge in [-0.1, -0.05) is 11.6 Å². The number of ether oxygens (including phenoxy) is 2. The van der Waals surface area contributed by atoms with Gasteiger partial charge in [0.25, 0.3) is 0 Å². The van der Waals surface area contributed by atoms with Gasteiger partial charge in [-0.15, -0.1) is 0 Å². The van der Waals surface area contributed by atoms with E-state index in [0.29, 0.717) is 18.2 Å². The molecule has 2 aliphatic heterocycles. The van der Waals surface area contributed by atoms with Crippen LogP contribution in [0.5, 0.6) is 0 Å². The van der Waals surface area contributed by atoms with E-state index in [2.05, 4.69) is 5.32 Å². The van der Waals surface area contributed by atoms with Crippen molar-refractivity contribution < 1.29 is 14.3 Å². The maximum Gasteiger partial charge on any atom is 0.328 e. The van der Waals surface area contributed by atoms with Gasteiger partial charge in [0.2, 0.25) is 0 Å². The molecule has 0 saturated carbocycles. The van der Waals surface area contributed by atoms with Crippen LogP contribution >= 0.6 is 11.6 Å². The van der Waals surface area contributed by atoms with Crippen molar-refractivity contribution in [2.45, 2.75) is 25.5 Å². The number of hydrogen-bond acceptors (Lipinski definition) is 4. The van der Waals surface area contributed by atoms with Crippen molar-refractivity contribution in [3.63, 3.8) is 0 Å². The maximum atomic E-state index is 12.1. The van der Waals surface area contributed by atoms with Crippen LogP contribution in [-0.2, 0) is 14.3 Å². The molecule has 0 bridgehead atoms. The highest BCUT2D eigenvalue weighted by atomic mass is 35.5. The Morgan fingerprint density at radius 1 is 1.58 bits per heavy atom. The zero-order valence-electron chi connectivity index (χ0n) is 10.7. The maximum absolute atomic E-state index is 12.1. The standard InChI is InChI=1S/C14H16ClNO3/c1-2-18-14(17)12-9-5-6-19-13(9)10-7-8(15)3-4-11(10)16-12/h3-4,7,9,12-13,16H,2,5-6H2,1H3/t9-,12-,13-/m0/s1. The third kappa shape index (κ3) is 2.19. The monoisotopic (exact) mass is 281 g/mol. The number of carbonyl (C=O) groups is 1. The van der Waals surface area contributed by atoms with Gasteiger partial charge >= 0.3 is 5.97 Å². The molecule has 1 N–H and O–H groups in total. The molecule has 5 heteroatoms. The largest absolute Gasteiger partial charge is 0.464 e. The number of fused-ring (bicyclic) bond motifs is 3. The topological polar surface area (TPSA) is 47.6 Å². The Morgan fingerprint density at radius 2 is 2.42 bits per heavy atom. The molecule has 2 aliphatic rings. The molecule has 0 aromatic heterocycles. The molecule has 1 saturated heterocycles. The number of benzene rings is 1. The first kappa shape index (κ1) is 12.8. The molecule has 0 radical (unpaired) electrons. The molecular formula is C14H16ClNO3. The predicted octanol–water partition coefficient (Wildman–Crippen LogP) is 2.77. The minimum Gasteiger partial charge on any atom is -0.464 e. The molecule has 0 spiro atoms. The van der Waals surface area contributed by atoms with Gasteiger partial charge in [-0.3, -0.25) is 0 Å². The first-order valence-corrected chi connectivity index (χ1v) is 6.92. The highest BCUT2D eigenvalue weighted by molar-refractivity contribution is 6.30. The number of rotatable bonds is 2. The highest BCUT2D eigenvalue weighted by Gasteiger charge is 2.44. The van der Waals surface area contributed by atoms with E-state index in [1.807, 2.05) is 25.1 Å². The van der Waals surface area contributed by atoms with E-state index >= 15 is 0 Å². The van der Waals surface area contributed by atoms with Crippen LogP contribution in [-0.4, -0.2) is 25.2 Å². The van der Waals surface area contributed by atoms with Crippen LogP contribution in [0.15, 0.2) is 18.2 Å². The molecule has 4 nitrogen and oxygen atoms in total. The van der Waals surface area contributed by atoms with Crippen LogP contribution in [0, 0.1) is 5.92 Å². The fourth-order valence-electron chi connectivity index (χ4n) is 2.91. The zero-order chi connectivity index (χ0) is 13.4. The van der Waals surface area contributed by atoms with E-state index in [1.165, 1.54) is 0 Å². The Balaban J connectivity index is 1.96. The van der Waals surface area contributed by atoms with Gasteiger partial charge in [0, 0.05) is 28.8 Å². The fraction of sp³-hybridized carbons (Fsp3) is 0.500. The van der Waals surface area contributed by atoms with Crippen LogP contribution in [0.25, 0.3) is 0 Å². The molecule has 1 aromatic carbocycles. The molecule has 0 unspecified atom stereocenters. The number of carbonyl (C=O) groups excluding carboxylic acids is 1. The van der Waals surface area contributed by atoms with E-state index < -0.39 is 0 Å². The van der Waals surface area contributed by atoms with E-state index in [9.17, 15) is 4.79 Å².